The minimum absolute atomic E-state index is 0.358. The lowest BCUT2D eigenvalue weighted by Crippen LogP contribution is -2.10. The molecule has 0 aromatic heterocycles. The molecule has 1 N–H and O–H groups in total. The molecule has 1 aliphatic rings. The Labute approximate surface area is 118 Å². The number of thioether (sulfide) groups is 1. The van der Waals surface area contributed by atoms with Crippen molar-refractivity contribution in [3.05, 3.63) is 53.6 Å². The quantitative estimate of drug-likeness (QED) is 0.901. The standard InChI is InChI=1S/C16H17NOS/c1-11-7-8-15(18-2)13(9-11)17-14-10-19-16-6-4-3-5-12(14)16/h3-9,14,17H,10H2,1-2H3. The predicted octanol–water partition coefficient (Wildman–Crippen LogP) is 4.26. The van der Waals surface area contributed by atoms with E-state index >= 15 is 0 Å². The maximum atomic E-state index is 5.43. The van der Waals surface area contributed by atoms with E-state index in [1.165, 1.54) is 16.0 Å². The van der Waals surface area contributed by atoms with E-state index in [0.29, 0.717) is 6.04 Å². The summed E-state index contributed by atoms with van der Waals surface area (Å²) in [6.07, 6.45) is 0. The summed E-state index contributed by atoms with van der Waals surface area (Å²) in [5, 5.41) is 3.61. The number of aryl methyl sites for hydroxylation is 1. The van der Waals surface area contributed by atoms with Crippen molar-refractivity contribution in [1.29, 1.82) is 0 Å². The van der Waals surface area contributed by atoms with Crippen LogP contribution in [0.2, 0.25) is 0 Å². The van der Waals surface area contributed by atoms with E-state index in [0.717, 1.165) is 17.2 Å². The molecule has 0 saturated heterocycles. The van der Waals surface area contributed by atoms with Gasteiger partial charge in [0.25, 0.3) is 0 Å². The number of rotatable bonds is 3. The zero-order chi connectivity index (χ0) is 13.2. The molecule has 0 fully saturated rings. The molecule has 2 aromatic carbocycles. The smallest absolute Gasteiger partial charge is 0.141 e. The number of hydrogen-bond donors (Lipinski definition) is 1. The average Bonchev–Trinajstić information content (AvgIpc) is 2.83. The lowest BCUT2D eigenvalue weighted by Gasteiger charge is -2.17. The van der Waals surface area contributed by atoms with Gasteiger partial charge in [-0.25, -0.2) is 0 Å². The van der Waals surface area contributed by atoms with Gasteiger partial charge in [0, 0.05) is 10.6 Å². The molecule has 3 heteroatoms. The highest BCUT2D eigenvalue weighted by Crippen LogP contribution is 2.40. The molecule has 0 radical (unpaired) electrons. The third-order valence-electron chi connectivity index (χ3n) is 3.38. The molecule has 19 heavy (non-hydrogen) atoms. The van der Waals surface area contributed by atoms with Gasteiger partial charge in [-0.2, -0.15) is 0 Å². The number of hydrogen-bond acceptors (Lipinski definition) is 3. The minimum atomic E-state index is 0.358. The molecule has 1 unspecified atom stereocenters. The summed E-state index contributed by atoms with van der Waals surface area (Å²) in [6.45, 7) is 2.10. The average molecular weight is 271 g/mol. The van der Waals surface area contributed by atoms with E-state index in [2.05, 4.69) is 48.6 Å². The molecule has 1 aliphatic heterocycles. The molecule has 1 heterocycles. The summed E-state index contributed by atoms with van der Waals surface area (Å²) in [5.74, 6) is 1.97. The van der Waals surface area contributed by atoms with Crippen molar-refractivity contribution in [2.45, 2.75) is 17.9 Å². The van der Waals surface area contributed by atoms with Gasteiger partial charge >= 0.3 is 0 Å². The van der Waals surface area contributed by atoms with Crippen LogP contribution in [0.25, 0.3) is 0 Å². The normalized spacial score (nSPS) is 17.1. The van der Waals surface area contributed by atoms with Gasteiger partial charge < -0.3 is 10.1 Å². The Morgan fingerprint density at radius 1 is 1.21 bits per heavy atom. The van der Waals surface area contributed by atoms with Crippen molar-refractivity contribution in [3.63, 3.8) is 0 Å². The molecule has 2 aromatic rings. The Morgan fingerprint density at radius 2 is 2.05 bits per heavy atom. The van der Waals surface area contributed by atoms with Crippen LogP contribution in [0.15, 0.2) is 47.4 Å². The summed E-state index contributed by atoms with van der Waals surface area (Å²) in [6, 6.07) is 15.2. The van der Waals surface area contributed by atoms with Gasteiger partial charge in [-0.1, -0.05) is 24.3 Å². The third kappa shape index (κ3) is 2.43. The summed E-state index contributed by atoms with van der Waals surface area (Å²) >= 11 is 1.91. The van der Waals surface area contributed by atoms with Crippen molar-refractivity contribution < 1.29 is 4.74 Å². The van der Waals surface area contributed by atoms with Crippen molar-refractivity contribution in [2.75, 3.05) is 18.2 Å². The van der Waals surface area contributed by atoms with Crippen molar-refractivity contribution in [3.8, 4) is 5.75 Å². The second-order valence-electron chi connectivity index (χ2n) is 4.75. The second kappa shape index (κ2) is 5.17. The van der Waals surface area contributed by atoms with Crippen molar-refractivity contribution >= 4 is 17.4 Å². The number of ether oxygens (including phenoxy) is 1. The first-order valence-corrected chi connectivity index (χ1v) is 7.39. The number of methoxy groups -OCH3 is 1. The van der Waals surface area contributed by atoms with Gasteiger partial charge in [-0.05, 0) is 36.2 Å². The van der Waals surface area contributed by atoms with Crippen LogP contribution >= 0.6 is 11.8 Å². The maximum absolute atomic E-state index is 5.43. The van der Waals surface area contributed by atoms with Gasteiger partial charge in [-0.3, -0.25) is 0 Å². The summed E-state index contributed by atoms with van der Waals surface area (Å²) in [5.41, 5.74) is 3.70. The Morgan fingerprint density at radius 3 is 2.89 bits per heavy atom. The van der Waals surface area contributed by atoms with Gasteiger partial charge in [0.05, 0.1) is 18.8 Å². The topological polar surface area (TPSA) is 21.3 Å². The second-order valence-corrected chi connectivity index (χ2v) is 5.81. The Hall–Kier alpha value is -1.61. The first kappa shape index (κ1) is 12.4. The Kier molecular flexibility index (Phi) is 3.38. The van der Waals surface area contributed by atoms with Crippen LogP contribution in [-0.2, 0) is 0 Å². The maximum Gasteiger partial charge on any atom is 0.141 e. The van der Waals surface area contributed by atoms with Crippen LogP contribution in [0.5, 0.6) is 5.75 Å². The summed E-state index contributed by atoms with van der Waals surface area (Å²) < 4.78 is 5.43. The SMILES string of the molecule is COc1ccc(C)cc1NC1CSc2ccccc21. The van der Waals surface area contributed by atoms with E-state index in [1.54, 1.807) is 7.11 Å². The highest BCUT2D eigenvalue weighted by atomic mass is 32.2. The fourth-order valence-electron chi connectivity index (χ4n) is 2.40. The van der Waals surface area contributed by atoms with E-state index in [4.69, 9.17) is 4.74 Å². The summed E-state index contributed by atoms with van der Waals surface area (Å²) in [7, 11) is 1.72. The fourth-order valence-corrected chi connectivity index (χ4v) is 3.57. The van der Waals surface area contributed by atoms with E-state index in [9.17, 15) is 0 Å². The van der Waals surface area contributed by atoms with Crippen LogP contribution < -0.4 is 10.1 Å². The molecular weight excluding hydrogens is 254 g/mol. The summed E-state index contributed by atoms with van der Waals surface area (Å²) in [4.78, 5) is 1.38. The van der Waals surface area contributed by atoms with E-state index < -0.39 is 0 Å². The highest BCUT2D eigenvalue weighted by molar-refractivity contribution is 7.99. The minimum Gasteiger partial charge on any atom is -0.495 e. The molecule has 0 spiro atoms. The Bertz CT molecular complexity index is 597. The molecule has 0 bridgehead atoms. The molecule has 2 nitrogen and oxygen atoms in total. The van der Waals surface area contributed by atoms with Gasteiger partial charge in [0.15, 0.2) is 0 Å². The van der Waals surface area contributed by atoms with Crippen LogP contribution in [0.4, 0.5) is 5.69 Å². The monoisotopic (exact) mass is 271 g/mol. The van der Waals surface area contributed by atoms with Crippen LogP contribution in [0.1, 0.15) is 17.2 Å². The molecular formula is C16H17NOS. The number of benzene rings is 2. The molecule has 0 saturated carbocycles. The number of fused-ring (bicyclic) bond motifs is 1. The zero-order valence-electron chi connectivity index (χ0n) is 11.1. The molecule has 3 rings (SSSR count). The van der Waals surface area contributed by atoms with Crippen molar-refractivity contribution in [1.82, 2.24) is 0 Å². The molecule has 0 aliphatic carbocycles. The third-order valence-corrected chi connectivity index (χ3v) is 4.57. The first-order chi connectivity index (χ1) is 9.28. The van der Waals surface area contributed by atoms with Gasteiger partial charge in [0.2, 0.25) is 0 Å². The largest absolute Gasteiger partial charge is 0.495 e. The first-order valence-electron chi connectivity index (χ1n) is 6.41. The van der Waals surface area contributed by atoms with Gasteiger partial charge in [0.1, 0.15) is 5.75 Å². The zero-order valence-corrected chi connectivity index (χ0v) is 12.0. The lowest BCUT2D eigenvalue weighted by atomic mass is 10.1. The molecule has 1 atom stereocenters. The van der Waals surface area contributed by atoms with Crippen LogP contribution in [0, 0.1) is 6.92 Å². The lowest BCUT2D eigenvalue weighted by molar-refractivity contribution is 0.416. The highest BCUT2D eigenvalue weighted by Gasteiger charge is 2.23. The predicted molar refractivity (Wildman–Crippen MR) is 81.3 cm³/mol. The number of nitrogens with one attached hydrogen (secondary N) is 1. The molecule has 98 valence electrons. The van der Waals surface area contributed by atoms with E-state index in [-0.39, 0.29) is 0 Å². The van der Waals surface area contributed by atoms with E-state index in [1.807, 2.05) is 17.8 Å². The van der Waals surface area contributed by atoms with Crippen LogP contribution in [0.3, 0.4) is 0 Å². The van der Waals surface area contributed by atoms with Crippen LogP contribution in [-0.4, -0.2) is 12.9 Å². The fraction of sp³-hybridized carbons (Fsp3) is 0.250. The number of anilines is 1. The van der Waals surface area contributed by atoms with Crippen molar-refractivity contribution in [2.24, 2.45) is 0 Å². The Balaban J connectivity index is 1.89. The van der Waals surface area contributed by atoms with Gasteiger partial charge in [-0.15, -0.1) is 11.8 Å². The molecule has 0 amide bonds.